The third-order valence-electron chi connectivity index (χ3n) is 3.11. The minimum Gasteiger partial charge on any atom is -0.321 e. The fourth-order valence-corrected chi connectivity index (χ4v) is 2.64. The van der Waals surface area contributed by atoms with E-state index in [1.165, 1.54) is 6.07 Å². The first-order chi connectivity index (χ1) is 10.3. The molecule has 2 rings (SSSR count). The Hall–Kier alpha value is -1.89. The van der Waals surface area contributed by atoms with Gasteiger partial charge >= 0.3 is 0 Å². The highest BCUT2D eigenvalue weighted by molar-refractivity contribution is 7.85. The van der Waals surface area contributed by atoms with Crippen molar-refractivity contribution in [1.29, 1.82) is 0 Å². The second-order valence-electron chi connectivity index (χ2n) is 4.62. The molecule has 2 N–H and O–H groups in total. The molecule has 0 aliphatic carbocycles. The van der Waals surface area contributed by atoms with Crippen molar-refractivity contribution in [3.05, 3.63) is 58.6 Å². The van der Waals surface area contributed by atoms with Crippen LogP contribution >= 0.6 is 11.6 Å². The molecule has 0 unspecified atom stereocenters. The standard InChI is InChI=1S/C15H14ClNO4S/c1-2-10-3-5-11(6-4-10)15(18)17-14-8-7-12(9-13(14)16)22(19,20)21/h3-9H,2H2,1H3,(H,17,18)(H,19,20,21). The maximum atomic E-state index is 12.1. The smallest absolute Gasteiger partial charge is 0.294 e. The maximum absolute atomic E-state index is 12.1. The van der Waals surface area contributed by atoms with Gasteiger partial charge in [-0.25, -0.2) is 0 Å². The van der Waals surface area contributed by atoms with Gasteiger partial charge in [0, 0.05) is 5.56 Å². The van der Waals surface area contributed by atoms with Crippen molar-refractivity contribution in [1.82, 2.24) is 0 Å². The summed E-state index contributed by atoms with van der Waals surface area (Å²) in [6, 6.07) is 10.7. The van der Waals surface area contributed by atoms with Crippen LogP contribution in [-0.4, -0.2) is 18.9 Å². The van der Waals surface area contributed by atoms with Gasteiger partial charge in [-0.05, 0) is 42.3 Å². The van der Waals surface area contributed by atoms with Gasteiger partial charge in [-0.3, -0.25) is 9.35 Å². The molecule has 2 aromatic carbocycles. The Morgan fingerprint density at radius 1 is 1.18 bits per heavy atom. The van der Waals surface area contributed by atoms with E-state index in [2.05, 4.69) is 5.32 Å². The largest absolute Gasteiger partial charge is 0.321 e. The summed E-state index contributed by atoms with van der Waals surface area (Å²) in [6.45, 7) is 2.02. The normalized spacial score (nSPS) is 11.2. The summed E-state index contributed by atoms with van der Waals surface area (Å²) in [4.78, 5) is 11.8. The molecule has 0 saturated carbocycles. The van der Waals surface area contributed by atoms with Crippen LogP contribution in [0.3, 0.4) is 0 Å². The molecule has 0 fully saturated rings. The van der Waals surface area contributed by atoms with Crippen molar-refractivity contribution in [2.45, 2.75) is 18.2 Å². The van der Waals surface area contributed by atoms with Gasteiger partial charge in [0.25, 0.3) is 16.0 Å². The van der Waals surface area contributed by atoms with E-state index in [0.29, 0.717) is 5.56 Å². The number of hydrogen-bond acceptors (Lipinski definition) is 3. The van der Waals surface area contributed by atoms with E-state index in [1.807, 2.05) is 19.1 Å². The number of aryl methyl sites for hydroxylation is 1. The van der Waals surface area contributed by atoms with Gasteiger partial charge in [-0.1, -0.05) is 30.7 Å². The van der Waals surface area contributed by atoms with Crippen LogP contribution in [-0.2, 0) is 16.5 Å². The molecule has 0 atom stereocenters. The summed E-state index contributed by atoms with van der Waals surface area (Å²) in [5.74, 6) is -0.357. The summed E-state index contributed by atoms with van der Waals surface area (Å²) in [7, 11) is -4.33. The third kappa shape index (κ3) is 3.85. The van der Waals surface area contributed by atoms with Gasteiger partial charge < -0.3 is 5.32 Å². The van der Waals surface area contributed by atoms with Crippen LogP contribution in [0.5, 0.6) is 0 Å². The Morgan fingerprint density at radius 3 is 2.32 bits per heavy atom. The molecule has 0 radical (unpaired) electrons. The first-order valence-electron chi connectivity index (χ1n) is 6.48. The van der Waals surface area contributed by atoms with Crippen LogP contribution in [0.1, 0.15) is 22.8 Å². The van der Waals surface area contributed by atoms with Gasteiger partial charge in [0.2, 0.25) is 0 Å². The molecule has 116 valence electrons. The van der Waals surface area contributed by atoms with Crippen molar-refractivity contribution in [2.75, 3.05) is 5.32 Å². The quantitative estimate of drug-likeness (QED) is 0.836. The second-order valence-corrected chi connectivity index (χ2v) is 6.45. The number of halogens is 1. The topological polar surface area (TPSA) is 83.5 Å². The summed E-state index contributed by atoms with van der Waals surface area (Å²) in [5, 5.41) is 2.62. The average molecular weight is 340 g/mol. The SMILES string of the molecule is CCc1ccc(C(=O)Nc2ccc(S(=O)(=O)O)cc2Cl)cc1. The molecule has 0 aliphatic heterocycles. The first kappa shape index (κ1) is 16.5. The lowest BCUT2D eigenvalue weighted by molar-refractivity contribution is 0.102. The van der Waals surface area contributed by atoms with Crippen LogP contribution in [0.15, 0.2) is 47.4 Å². The van der Waals surface area contributed by atoms with E-state index in [4.69, 9.17) is 16.2 Å². The zero-order chi connectivity index (χ0) is 16.3. The van der Waals surface area contributed by atoms with Gasteiger partial charge in [0.15, 0.2) is 0 Å². The fraction of sp³-hybridized carbons (Fsp3) is 0.133. The van der Waals surface area contributed by atoms with E-state index in [-0.39, 0.29) is 21.5 Å². The Balaban J connectivity index is 2.21. The van der Waals surface area contributed by atoms with Crippen LogP contribution in [0.2, 0.25) is 5.02 Å². The molecule has 0 bridgehead atoms. The van der Waals surface area contributed by atoms with E-state index in [1.54, 1.807) is 12.1 Å². The minimum absolute atomic E-state index is 0.0219. The van der Waals surface area contributed by atoms with Crippen LogP contribution < -0.4 is 5.32 Å². The summed E-state index contributed by atoms with van der Waals surface area (Å²) >= 11 is 5.92. The molecular formula is C15H14ClNO4S. The summed E-state index contributed by atoms with van der Waals surface area (Å²) in [6.07, 6.45) is 0.880. The fourth-order valence-electron chi connectivity index (χ4n) is 1.84. The first-order valence-corrected chi connectivity index (χ1v) is 8.30. The highest BCUT2D eigenvalue weighted by Gasteiger charge is 2.14. The Morgan fingerprint density at radius 2 is 1.82 bits per heavy atom. The van der Waals surface area contributed by atoms with Crippen molar-refractivity contribution in [2.24, 2.45) is 0 Å². The highest BCUT2D eigenvalue weighted by Crippen LogP contribution is 2.25. The van der Waals surface area contributed by atoms with Crippen LogP contribution in [0.4, 0.5) is 5.69 Å². The van der Waals surface area contributed by atoms with E-state index < -0.39 is 10.1 Å². The number of benzene rings is 2. The van der Waals surface area contributed by atoms with E-state index >= 15 is 0 Å². The Kier molecular flexibility index (Phi) is 4.85. The van der Waals surface area contributed by atoms with Gasteiger partial charge in [-0.15, -0.1) is 0 Å². The molecule has 0 spiro atoms. The molecule has 0 saturated heterocycles. The lowest BCUT2D eigenvalue weighted by atomic mass is 10.1. The van der Waals surface area contributed by atoms with Crippen LogP contribution in [0.25, 0.3) is 0 Å². The van der Waals surface area contributed by atoms with Gasteiger partial charge in [-0.2, -0.15) is 8.42 Å². The zero-order valence-electron chi connectivity index (χ0n) is 11.7. The summed E-state index contributed by atoms with van der Waals surface area (Å²) in [5.41, 5.74) is 1.85. The second kappa shape index (κ2) is 6.48. The maximum Gasteiger partial charge on any atom is 0.294 e. The molecule has 7 heteroatoms. The van der Waals surface area contributed by atoms with Crippen molar-refractivity contribution in [3.8, 4) is 0 Å². The number of amides is 1. The highest BCUT2D eigenvalue weighted by atomic mass is 35.5. The van der Waals surface area contributed by atoms with Crippen LogP contribution in [0, 0.1) is 0 Å². The number of anilines is 1. The Labute approximate surface area is 133 Å². The monoisotopic (exact) mass is 339 g/mol. The molecule has 0 aromatic heterocycles. The number of carbonyl (C=O) groups excluding carboxylic acids is 1. The molecular weight excluding hydrogens is 326 g/mol. The molecule has 0 aliphatic rings. The zero-order valence-corrected chi connectivity index (χ0v) is 13.3. The van der Waals surface area contributed by atoms with E-state index in [0.717, 1.165) is 24.1 Å². The summed E-state index contributed by atoms with van der Waals surface area (Å²) < 4.78 is 31.0. The molecule has 0 heterocycles. The molecule has 1 amide bonds. The molecule has 2 aromatic rings. The predicted molar refractivity (Wildman–Crippen MR) is 85.0 cm³/mol. The molecule has 22 heavy (non-hydrogen) atoms. The van der Waals surface area contributed by atoms with Gasteiger partial charge in [0.05, 0.1) is 15.6 Å². The number of carbonyl (C=O) groups is 1. The minimum atomic E-state index is -4.33. The number of nitrogens with one attached hydrogen (secondary N) is 1. The number of hydrogen-bond donors (Lipinski definition) is 2. The average Bonchev–Trinajstić information content (AvgIpc) is 2.48. The lowest BCUT2D eigenvalue weighted by Gasteiger charge is -2.08. The van der Waals surface area contributed by atoms with Crippen molar-refractivity contribution in [3.63, 3.8) is 0 Å². The van der Waals surface area contributed by atoms with Crippen molar-refractivity contribution < 1.29 is 17.8 Å². The third-order valence-corrected chi connectivity index (χ3v) is 4.27. The van der Waals surface area contributed by atoms with Gasteiger partial charge in [0.1, 0.15) is 0 Å². The molecule has 5 nitrogen and oxygen atoms in total. The predicted octanol–water partition coefficient (Wildman–Crippen LogP) is 3.40. The number of rotatable bonds is 4. The van der Waals surface area contributed by atoms with Crippen molar-refractivity contribution >= 4 is 33.3 Å². The lowest BCUT2D eigenvalue weighted by Crippen LogP contribution is -2.12. The Bertz CT molecular complexity index is 801. The van der Waals surface area contributed by atoms with E-state index in [9.17, 15) is 13.2 Å².